The lowest BCUT2D eigenvalue weighted by Crippen LogP contribution is -2.30. The Labute approximate surface area is 122 Å². The number of rotatable bonds is 1. The van der Waals surface area contributed by atoms with Crippen molar-refractivity contribution >= 4 is 28.4 Å². The molecule has 98 valence electrons. The minimum atomic E-state index is 0.0671. The molecule has 0 aliphatic carbocycles. The van der Waals surface area contributed by atoms with E-state index in [1.165, 1.54) is 5.56 Å². The molecule has 0 fully saturated rings. The third kappa shape index (κ3) is 2.79. The van der Waals surface area contributed by atoms with Gasteiger partial charge in [0, 0.05) is 13.1 Å². The molecule has 1 aliphatic rings. The maximum atomic E-state index is 10.2. The monoisotopic (exact) mass is 358 g/mol. The first-order valence-electron chi connectivity index (χ1n) is 6.21. The smallest absolute Gasteiger partial charge is 0.139 e. The van der Waals surface area contributed by atoms with Crippen molar-refractivity contribution in [3.8, 4) is 5.75 Å². The number of nitrogens with one attached hydrogen (secondary N) is 1. The van der Waals surface area contributed by atoms with E-state index in [0.29, 0.717) is 5.75 Å². The van der Waals surface area contributed by atoms with E-state index in [4.69, 9.17) is 0 Å². The molecule has 0 aromatic heterocycles. The highest BCUT2D eigenvalue weighted by Gasteiger charge is 2.20. The van der Waals surface area contributed by atoms with E-state index in [1.54, 1.807) is 0 Å². The molecule has 1 aromatic carbocycles. The first-order chi connectivity index (χ1) is 8.39. The zero-order valence-corrected chi connectivity index (χ0v) is 13.2. The van der Waals surface area contributed by atoms with Gasteiger partial charge in [0.1, 0.15) is 11.6 Å². The molecule has 2 N–H and O–H groups in total. The highest BCUT2D eigenvalue weighted by Crippen LogP contribution is 2.32. The Kier molecular flexibility index (Phi) is 3.84. The van der Waals surface area contributed by atoms with Gasteiger partial charge in [-0.1, -0.05) is 20.8 Å². The number of phenolic OH excluding ortho intramolecular Hbond substituents is 1. The molecule has 4 heteroatoms. The third-order valence-corrected chi connectivity index (χ3v) is 3.90. The predicted octanol–water partition coefficient (Wildman–Crippen LogP) is 3.03. The van der Waals surface area contributed by atoms with E-state index in [9.17, 15) is 5.11 Å². The van der Waals surface area contributed by atoms with Crippen LogP contribution in [0.25, 0.3) is 0 Å². The molecule has 0 radical (unpaired) electrons. The predicted molar refractivity (Wildman–Crippen MR) is 83.5 cm³/mol. The number of aromatic hydroxyl groups is 1. The fraction of sp³-hybridized carbons (Fsp3) is 0.500. The molecule has 1 aliphatic heterocycles. The van der Waals surface area contributed by atoms with Crippen LogP contribution >= 0.6 is 22.6 Å². The van der Waals surface area contributed by atoms with Gasteiger partial charge in [-0.05, 0) is 52.1 Å². The lowest BCUT2D eigenvalue weighted by molar-refractivity contribution is 0.468. The van der Waals surface area contributed by atoms with Crippen LogP contribution in [0, 0.1) is 3.57 Å². The van der Waals surface area contributed by atoms with Gasteiger partial charge in [0.15, 0.2) is 0 Å². The number of nitrogens with zero attached hydrogens (tertiary/aromatic N) is 1. The van der Waals surface area contributed by atoms with Crippen molar-refractivity contribution in [3.05, 3.63) is 26.8 Å². The highest BCUT2D eigenvalue weighted by molar-refractivity contribution is 14.1. The topological polar surface area (TPSA) is 44.6 Å². The molecule has 0 atom stereocenters. The molecule has 0 unspecified atom stereocenters. The molecule has 0 saturated heterocycles. The molecule has 0 amide bonds. The number of amidine groups is 1. The van der Waals surface area contributed by atoms with Crippen LogP contribution in [-0.2, 0) is 5.41 Å². The molecule has 2 rings (SSSR count). The van der Waals surface area contributed by atoms with E-state index in [1.807, 2.05) is 6.07 Å². The summed E-state index contributed by atoms with van der Waals surface area (Å²) in [6, 6.07) is 4.09. The summed E-state index contributed by atoms with van der Waals surface area (Å²) in [6.07, 6.45) is 1.06. The minimum Gasteiger partial charge on any atom is -0.506 e. The number of hydrogen-bond acceptors (Lipinski definition) is 3. The molecule has 3 nitrogen and oxygen atoms in total. The number of halogens is 1. The first kappa shape index (κ1) is 13.6. The second kappa shape index (κ2) is 5.07. The van der Waals surface area contributed by atoms with Crippen LogP contribution in [-0.4, -0.2) is 24.0 Å². The summed E-state index contributed by atoms with van der Waals surface area (Å²) in [6.45, 7) is 8.28. The molecule has 1 aromatic rings. The molecule has 0 saturated carbocycles. The Morgan fingerprint density at radius 2 is 2.06 bits per heavy atom. The summed E-state index contributed by atoms with van der Waals surface area (Å²) in [5.41, 5.74) is 2.11. The summed E-state index contributed by atoms with van der Waals surface area (Å²) in [5.74, 6) is 1.15. The Hall–Kier alpha value is -0.780. The fourth-order valence-electron chi connectivity index (χ4n) is 1.93. The number of benzene rings is 1. The van der Waals surface area contributed by atoms with Crippen LogP contribution in [0.15, 0.2) is 17.1 Å². The second-order valence-corrected chi connectivity index (χ2v) is 6.78. The van der Waals surface area contributed by atoms with Gasteiger partial charge in [-0.2, -0.15) is 0 Å². The lowest BCUT2D eigenvalue weighted by atomic mass is 9.86. The zero-order chi connectivity index (χ0) is 13.3. The maximum absolute atomic E-state index is 10.2. The summed E-state index contributed by atoms with van der Waals surface area (Å²) < 4.78 is 0.880. The van der Waals surface area contributed by atoms with Gasteiger partial charge in [-0.3, -0.25) is 4.99 Å². The van der Waals surface area contributed by atoms with Gasteiger partial charge >= 0.3 is 0 Å². The fourth-order valence-corrected chi connectivity index (χ4v) is 2.55. The van der Waals surface area contributed by atoms with Crippen molar-refractivity contribution < 1.29 is 5.11 Å². The van der Waals surface area contributed by atoms with E-state index in [-0.39, 0.29) is 5.41 Å². The standard InChI is InChI=1S/C14H19IN2O/c1-14(2,3)9-7-10(12(18)11(15)8-9)13-16-5-4-6-17-13/h7-8,18H,4-6H2,1-3H3,(H,16,17). The van der Waals surface area contributed by atoms with E-state index in [0.717, 1.165) is 34.5 Å². The third-order valence-electron chi connectivity index (χ3n) is 3.08. The largest absolute Gasteiger partial charge is 0.506 e. The molecule has 0 bridgehead atoms. The summed E-state index contributed by atoms with van der Waals surface area (Å²) in [4.78, 5) is 4.47. The normalized spacial score (nSPS) is 16.1. The van der Waals surface area contributed by atoms with Gasteiger partial charge in [-0.25, -0.2) is 0 Å². The van der Waals surface area contributed by atoms with Crippen molar-refractivity contribution in [2.75, 3.05) is 13.1 Å². The Balaban J connectivity index is 2.52. The average Bonchev–Trinajstić information content (AvgIpc) is 2.32. The number of aliphatic imine (C=N–C) groups is 1. The molecular formula is C14H19IN2O. The molecule has 1 heterocycles. The van der Waals surface area contributed by atoms with Crippen molar-refractivity contribution in [1.29, 1.82) is 0 Å². The van der Waals surface area contributed by atoms with Crippen molar-refractivity contribution in [2.24, 2.45) is 4.99 Å². The van der Waals surface area contributed by atoms with Crippen molar-refractivity contribution in [2.45, 2.75) is 32.6 Å². The quantitative estimate of drug-likeness (QED) is 0.758. The van der Waals surface area contributed by atoms with Crippen LogP contribution < -0.4 is 5.32 Å². The van der Waals surface area contributed by atoms with E-state index in [2.05, 4.69) is 59.7 Å². The molecule has 18 heavy (non-hydrogen) atoms. The van der Waals surface area contributed by atoms with Gasteiger partial charge in [0.2, 0.25) is 0 Å². The van der Waals surface area contributed by atoms with Gasteiger partial charge in [0.05, 0.1) is 9.13 Å². The number of phenols is 1. The second-order valence-electron chi connectivity index (χ2n) is 5.61. The van der Waals surface area contributed by atoms with Gasteiger partial charge < -0.3 is 10.4 Å². The SMILES string of the molecule is CC(C)(C)c1cc(I)c(O)c(C2=NCCCN2)c1. The van der Waals surface area contributed by atoms with Gasteiger partial charge in [-0.15, -0.1) is 0 Å². The summed E-state index contributed by atoms with van der Waals surface area (Å²) >= 11 is 2.18. The van der Waals surface area contributed by atoms with E-state index >= 15 is 0 Å². The van der Waals surface area contributed by atoms with Crippen LogP contribution in [0.3, 0.4) is 0 Å². The van der Waals surface area contributed by atoms with Gasteiger partial charge in [0.25, 0.3) is 0 Å². The van der Waals surface area contributed by atoms with Crippen molar-refractivity contribution in [1.82, 2.24) is 5.32 Å². The van der Waals surface area contributed by atoms with E-state index < -0.39 is 0 Å². The minimum absolute atomic E-state index is 0.0671. The zero-order valence-electron chi connectivity index (χ0n) is 11.0. The Morgan fingerprint density at radius 3 is 2.61 bits per heavy atom. The molecular weight excluding hydrogens is 339 g/mol. The summed E-state index contributed by atoms with van der Waals surface area (Å²) in [7, 11) is 0. The average molecular weight is 358 g/mol. The van der Waals surface area contributed by atoms with Crippen LogP contribution in [0.2, 0.25) is 0 Å². The summed E-state index contributed by atoms with van der Waals surface area (Å²) in [5, 5.41) is 13.5. The first-order valence-corrected chi connectivity index (χ1v) is 7.29. The van der Waals surface area contributed by atoms with Crippen LogP contribution in [0.1, 0.15) is 38.3 Å². The maximum Gasteiger partial charge on any atom is 0.139 e. The Morgan fingerprint density at radius 1 is 1.33 bits per heavy atom. The van der Waals surface area contributed by atoms with Crippen LogP contribution in [0.5, 0.6) is 5.75 Å². The van der Waals surface area contributed by atoms with Crippen LogP contribution in [0.4, 0.5) is 0 Å². The Bertz CT molecular complexity index is 489. The van der Waals surface area contributed by atoms with Crippen molar-refractivity contribution in [3.63, 3.8) is 0 Å². The lowest BCUT2D eigenvalue weighted by Gasteiger charge is -2.23. The molecule has 0 spiro atoms. The number of hydrogen-bond donors (Lipinski definition) is 2. The highest BCUT2D eigenvalue weighted by atomic mass is 127.